The lowest BCUT2D eigenvalue weighted by Gasteiger charge is -2.33. The van der Waals surface area contributed by atoms with Gasteiger partial charge < -0.3 is 15.0 Å². The van der Waals surface area contributed by atoms with E-state index in [0.29, 0.717) is 38.5 Å². The number of halogens is 1. The van der Waals surface area contributed by atoms with Gasteiger partial charge in [0, 0.05) is 43.3 Å². The molecule has 1 N–H and O–H groups in total. The van der Waals surface area contributed by atoms with Gasteiger partial charge in [-0.2, -0.15) is 0 Å². The van der Waals surface area contributed by atoms with Crippen molar-refractivity contribution in [1.29, 1.82) is 0 Å². The number of ether oxygens (including phenoxy) is 1. The first-order valence-corrected chi connectivity index (χ1v) is 9.60. The first-order chi connectivity index (χ1) is 13.0. The molecule has 142 valence electrons. The van der Waals surface area contributed by atoms with Crippen LogP contribution in [-0.4, -0.2) is 54.3 Å². The number of hydrogen-bond acceptors (Lipinski definition) is 4. The Morgan fingerprint density at radius 3 is 2.07 bits per heavy atom. The molecule has 0 bridgehead atoms. The summed E-state index contributed by atoms with van der Waals surface area (Å²) in [7, 11) is 0. The number of anilines is 1. The molecule has 0 radical (unpaired) electrons. The summed E-state index contributed by atoms with van der Waals surface area (Å²) in [6.07, 6.45) is 0. The molecule has 1 aliphatic rings. The van der Waals surface area contributed by atoms with Crippen molar-refractivity contribution in [1.82, 2.24) is 9.80 Å². The van der Waals surface area contributed by atoms with Gasteiger partial charge in [-0.15, -0.1) is 0 Å². The first-order valence-electron chi connectivity index (χ1n) is 8.81. The number of benzene rings is 2. The zero-order chi connectivity index (χ0) is 19.2. The average molecular weight is 432 g/mol. The van der Waals surface area contributed by atoms with Gasteiger partial charge in [0.25, 0.3) is 0 Å². The molecule has 0 aliphatic carbocycles. The fraction of sp³-hybridized carbons (Fsp3) is 0.300. The maximum atomic E-state index is 12.2. The first kappa shape index (κ1) is 19.4. The summed E-state index contributed by atoms with van der Waals surface area (Å²) < 4.78 is 6.77. The minimum absolute atomic E-state index is 0.0622. The van der Waals surface area contributed by atoms with Gasteiger partial charge in [-0.25, -0.2) is 0 Å². The molecule has 0 unspecified atom stereocenters. The molecule has 3 rings (SSSR count). The predicted octanol–water partition coefficient (Wildman–Crippen LogP) is 3.34. The van der Waals surface area contributed by atoms with Gasteiger partial charge in [0.2, 0.25) is 11.8 Å². The van der Waals surface area contributed by atoms with Crippen LogP contribution in [0.15, 0.2) is 53.0 Å². The number of piperazine rings is 1. The van der Waals surface area contributed by atoms with Crippen LogP contribution in [0.3, 0.4) is 0 Å². The minimum atomic E-state index is -0.0622. The standard InChI is InChI=1S/C20H22BrN3O3/c1-15(25)24-12-10-23(11-13-24)14-20(26)22-17-4-8-19(9-5-17)27-18-6-2-16(21)3-7-18/h2-9H,10-14H2,1H3,(H,22,26). The van der Waals surface area contributed by atoms with Crippen molar-refractivity contribution in [2.45, 2.75) is 6.92 Å². The third-order valence-corrected chi connectivity index (χ3v) is 4.90. The van der Waals surface area contributed by atoms with E-state index in [0.717, 1.165) is 15.9 Å². The third kappa shape index (κ3) is 5.80. The molecule has 1 aliphatic heterocycles. The molecule has 0 saturated carbocycles. The van der Waals surface area contributed by atoms with Gasteiger partial charge in [0.1, 0.15) is 11.5 Å². The fourth-order valence-electron chi connectivity index (χ4n) is 2.87. The van der Waals surface area contributed by atoms with E-state index in [9.17, 15) is 9.59 Å². The summed E-state index contributed by atoms with van der Waals surface area (Å²) in [5.74, 6) is 1.48. The molecular weight excluding hydrogens is 410 g/mol. The molecule has 2 aromatic carbocycles. The molecular formula is C20H22BrN3O3. The summed E-state index contributed by atoms with van der Waals surface area (Å²) in [6.45, 7) is 4.67. The zero-order valence-corrected chi connectivity index (χ0v) is 16.7. The number of carbonyl (C=O) groups excluding carboxylic acids is 2. The molecule has 0 atom stereocenters. The normalized spacial score (nSPS) is 14.7. The Kier molecular flexibility index (Phi) is 6.47. The maximum absolute atomic E-state index is 12.2. The Morgan fingerprint density at radius 2 is 1.52 bits per heavy atom. The van der Waals surface area contributed by atoms with E-state index >= 15 is 0 Å². The van der Waals surface area contributed by atoms with Crippen LogP contribution in [0.2, 0.25) is 0 Å². The molecule has 6 nitrogen and oxygen atoms in total. The van der Waals surface area contributed by atoms with Crippen LogP contribution in [0.5, 0.6) is 11.5 Å². The monoisotopic (exact) mass is 431 g/mol. The molecule has 2 amide bonds. The van der Waals surface area contributed by atoms with Crippen LogP contribution in [0.4, 0.5) is 5.69 Å². The number of nitrogens with one attached hydrogen (secondary N) is 1. The van der Waals surface area contributed by atoms with Gasteiger partial charge >= 0.3 is 0 Å². The molecule has 1 fully saturated rings. The number of nitrogens with zero attached hydrogens (tertiary/aromatic N) is 2. The molecule has 0 aromatic heterocycles. The van der Waals surface area contributed by atoms with Crippen molar-refractivity contribution < 1.29 is 14.3 Å². The van der Waals surface area contributed by atoms with Gasteiger partial charge in [0.05, 0.1) is 6.54 Å². The highest BCUT2D eigenvalue weighted by Crippen LogP contribution is 2.24. The fourth-order valence-corrected chi connectivity index (χ4v) is 3.13. The van der Waals surface area contributed by atoms with E-state index in [1.54, 1.807) is 11.8 Å². The second-order valence-electron chi connectivity index (χ2n) is 6.41. The van der Waals surface area contributed by atoms with Crippen molar-refractivity contribution >= 4 is 33.4 Å². The van der Waals surface area contributed by atoms with Crippen molar-refractivity contribution in [3.8, 4) is 11.5 Å². The Labute approximate surface area is 167 Å². The second kappa shape index (κ2) is 9.01. The van der Waals surface area contributed by atoms with Crippen LogP contribution >= 0.6 is 15.9 Å². The Hall–Kier alpha value is -2.38. The summed E-state index contributed by atoms with van der Waals surface area (Å²) in [6, 6.07) is 14.9. The second-order valence-corrected chi connectivity index (χ2v) is 7.33. The van der Waals surface area contributed by atoms with Crippen molar-refractivity contribution in [2.75, 3.05) is 38.0 Å². The molecule has 1 saturated heterocycles. The van der Waals surface area contributed by atoms with E-state index < -0.39 is 0 Å². The largest absolute Gasteiger partial charge is 0.457 e. The molecule has 2 aromatic rings. The average Bonchev–Trinajstić information content (AvgIpc) is 2.65. The molecule has 27 heavy (non-hydrogen) atoms. The topological polar surface area (TPSA) is 61.9 Å². The Morgan fingerprint density at radius 1 is 0.963 bits per heavy atom. The smallest absolute Gasteiger partial charge is 0.238 e. The van der Waals surface area contributed by atoms with Crippen molar-refractivity contribution in [3.05, 3.63) is 53.0 Å². The van der Waals surface area contributed by atoms with Crippen LogP contribution in [0, 0.1) is 0 Å². The number of rotatable bonds is 5. The minimum Gasteiger partial charge on any atom is -0.457 e. The third-order valence-electron chi connectivity index (χ3n) is 4.37. The van der Waals surface area contributed by atoms with Crippen LogP contribution in [-0.2, 0) is 9.59 Å². The van der Waals surface area contributed by atoms with Crippen molar-refractivity contribution in [2.24, 2.45) is 0 Å². The van der Waals surface area contributed by atoms with Gasteiger partial charge in [-0.05, 0) is 48.5 Å². The Bertz CT molecular complexity index is 785. The highest BCUT2D eigenvalue weighted by Gasteiger charge is 2.20. The van der Waals surface area contributed by atoms with Crippen LogP contribution in [0.1, 0.15) is 6.92 Å². The number of hydrogen-bond donors (Lipinski definition) is 1. The van der Waals surface area contributed by atoms with Gasteiger partial charge in [-0.3, -0.25) is 14.5 Å². The highest BCUT2D eigenvalue weighted by molar-refractivity contribution is 9.10. The Balaban J connectivity index is 1.47. The number of carbonyl (C=O) groups is 2. The van der Waals surface area contributed by atoms with Crippen molar-refractivity contribution in [3.63, 3.8) is 0 Å². The van der Waals surface area contributed by atoms with E-state index in [4.69, 9.17) is 4.74 Å². The van der Waals surface area contributed by atoms with E-state index in [1.807, 2.05) is 48.5 Å². The quantitative estimate of drug-likeness (QED) is 0.788. The SMILES string of the molecule is CC(=O)N1CCN(CC(=O)Nc2ccc(Oc3ccc(Br)cc3)cc2)CC1. The van der Waals surface area contributed by atoms with E-state index in [1.165, 1.54) is 0 Å². The lowest BCUT2D eigenvalue weighted by molar-refractivity contribution is -0.130. The van der Waals surface area contributed by atoms with Gasteiger partial charge in [0.15, 0.2) is 0 Å². The summed E-state index contributed by atoms with van der Waals surface area (Å²) in [5, 5.41) is 2.90. The maximum Gasteiger partial charge on any atom is 0.238 e. The van der Waals surface area contributed by atoms with E-state index in [2.05, 4.69) is 26.1 Å². The highest BCUT2D eigenvalue weighted by atomic mass is 79.9. The summed E-state index contributed by atoms with van der Waals surface area (Å²) >= 11 is 3.39. The summed E-state index contributed by atoms with van der Waals surface area (Å²) in [5.41, 5.74) is 0.727. The van der Waals surface area contributed by atoms with Crippen LogP contribution in [0.25, 0.3) is 0 Å². The molecule has 1 heterocycles. The number of amides is 2. The lowest BCUT2D eigenvalue weighted by atomic mass is 10.2. The molecule has 7 heteroatoms. The van der Waals surface area contributed by atoms with Gasteiger partial charge in [-0.1, -0.05) is 15.9 Å². The van der Waals surface area contributed by atoms with E-state index in [-0.39, 0.29) is 11.8 Å². The summed E-state index contributed by atoms with van der Waals surface area (Å²) in [4.78, 5) is 27.4. The van der Waals surface area contributed by atoms with Crippen LogP contribution < -0.4 is 10.1 Å². The predicted molar refractivity (Wildman–Crippen MR) is 108 cm³/mol. The lowest BCUT2D eigenvalue weighted by Crippen LogP contribution is -2.49. The zero-order valence-electron chi connectivity index (χ0n) is 15.2. The molecule has 0 spiro atoms.